The van der Waals surface area contributed by atoms with Crippen LogP contribution < -0.4 is 0 Å². The van der Waals surface area contributed by atoms with Crippen LogP contribution in [0.3, 0.4) is 0 Å². The molecule has 5 aromatic carbocycles. The van der Waals surface area contributed by atoms with Crippen LogP contribution in [-0.4, -0.2) is 23.5 Å². The highest BCUT2D eigenvalue weighted by atomic mass is 15.0. The van der Waals surface area contributed by atoms with Gasteiger partial charge in [0.25, 0.3) is 0 Å². The van der Waals surface area contributed by atoms with Gasteiger partial charge in [0.15, 0.2) is 5.65 Å². The van der Waals surface area contributed by atoms with E-state index in [4.69, 9.17) is 9.97 Å². The summed E-state index contributed by atoms with van der Waals surface area (Å²) in [5.41, 5.74) is 9.94. The topological polar surface area (TPSA) is 40.1 Å². The van der Waals surface area contributed by atoms with Crippen molar-refractivity contribution in [3.63, 3.8) is 0 Å². The maximum atomic E-state index is 4.77. The average Bonchev–Trinajstić information content (AvgIpc) is 3.77. The largest absolute Gasteiger partial charge is 0.309 e. The van der Waals surface area contributed by atoms with Gasteiger partial charge in [-0.3, -0.25) is 9.38 Å². The first kappa shape index (κ1) is 22.7. The molecule has 0 saturated heterocycles. The highest BCUT2D eigenvalue weighted by molar-refractivity contribution is 6.28. The minimum absolute atomic E-state index is 0.873. The Morgan fingerprint density at radius 3 is 1.95 bits per heavy atom. The fourth-order valence-electron chi connectivity index (χ4n) is 7.19. The molecule has 200 valence electrons. The molecule has 0 aliphatic rings. The SMILES string of the molecule is c1ccc(-n2c3ccccc3c3cc4c5c(ccc6c7cccnc7c7nccn7c65)n(-c5ccccc5)c4cc32)cc1. The number of imidazole rings is 1. The summed E-state index contributed by atoms with van der Waals surface area (Å²) in [5.74, 6) is 0. The number of aromatic nitrogens is 5. The summed E-state index contributed by atoms with van der Waals surface area (Å²) in [4.78, 5) is 9.51. The zero-order valence-corrected chi connectivity index (χ0v) is 23.0. The molecule has 5 aromatic heterocycles. The maximum absolute atomic E-state index is 4.77. The first-order valence-electron chi connectivity index (χ1n) is 14.5. The van der Waals surface area contributed by atoms with Crippen molar-refractivity contribution >= 4 is 71.1 Å². The van der Waals surface area contributed by atoms with Gasteiger partial charge in [0.05, 0.1) is 27.6 Å². The molecule has 0 saturated carbocycles. The van der Waals surface area contributed by atoms with Crippen LogP contribution in [0.25, 0.3) is 82.4 Å². The van der Waals surface area contributed by atoms with Crippen LogP contribution in [-0.2, 0) is 0 Å². The van der Waals surface area contributed by atoms with Gasteiger partial charge in [-0.2, -0.15) is 0 Å². The van der Waals surface area contributed by atoms with Gasteiger partial charge >= 0.3 is 0 Å². The first-order chi connectivity index (χ1) is 21.4. The Labute approximate surface area is 245 Å². The molecule has 0 N–H and O–H groups in total. The number of hydrogen-bond acceptors (Lipinski definition) is 2. The summed E-state index contributed by atoms with van der Waals surface area (Å²) in [5, 5.41) is 7.18. The lowest BCUT2D eigenvalue weighted by Crippen LogP contribution is -1.96. The number of hydrogen-bond donors (Lipinski definition) is 0. The Bertz CT molecular complexity index is 2710. The Hall–Kier alpha value is -5.94. The average molecular weight is 550 g/mol. The zero-order valence-electron chi connectivity index (χ0n) is 23.0. The van der Waals surface area contributed by atoms with Gasteiger partial charge in [0, 0.05) is 62.3 Å². The second-order valence-corrected chi connectivity index (χ2v) is 11.1. The minimum Gasteiger partial charge on any atom is -0.309 e. The number of benzene rings is 5. The van der Waals surface area contributed by atoms with Crippen LogP contribution in [0.15, 0.2) is 140 Å². The molecule has 0 atom stereocenters. The summed E-state index contributed by atoms with van der Waals surface area (Å²) in [6, 6.07) is 43.6. The molecule has 43 heavy (non-hydrogen) atoms. The van der Waals surface area contributed by atoms with Crippen LogP contribution >= 0.6 is 0 Å². The second-order valence-electron chi connectivity index (χ2n) is 11.1. The summed E-state index contributed by atoms with van der Waals surface area (Å²) >= 11 is 0. The number of nitrogens with zero attached hydrogens (tertiary/aromatic N) is 5. The zero-order chi connectivity index (χ0) is 28.1. The van der Waals surface area contributed by atoms with E-state index in [0.717, 1.165) is 39.0 Å². The second kappa shape index (κ2) is 8.30. The molecule has 0 amide bonds. The van der Waals surface area contributed by atoms with Gasteiger partial charge in [-0.05, 0) is 54.6 Å². The van der Waals surface area contributed by atoms with Gasteiger partial charge < -0.3 is 9.13 Å². The minimum atomic E-state index is 0.873. The van der Waals surface area contributed by atoms with Gasteiger partial charge in [-0.1, -0.05) is 66.7 Å². The molecule has 5 heteroatoms. The number of fused-ring (bicyclic) bond motifs is 13. The lowest BCUT2D eigenvalue weighted by Gasteiger charge is -2.11. The summed E-state index contributed by atoms with van der Waals surface area (Å²) in [6.07, 6.45) is 5.79. The molecule has 0 fully saturated rings. The van der Waals surface area contributed by atoms with E-state index in [0.29, 0.717) is 0 Å². The fourth-order valence-corrected chi connectivity index (χ4v) is 7.19. The highest BCUT2D eigenvalue weighted by Crippen LogP contribution is 2.43. The van der Waals surface area contributed by atoms with E-state index < -0.39 is 0 Å². The third kappa shape index (κ3) is 2.95. The van der Waals surface area contributed by atoms with E-state index in [1.807, 2.05) is 18.5 Å². The smallest absolute Gasteiger partial charge is 0.163 e. The van der Waals surface area contributed by atoms with Crippen molar-refractivity contribution in [1.29, 1.82) is 0 Å². The van der Waals surface area contributed by atoms with Gasteiger partial charge in [0.1, 0.15) is 5.52 Å². The molecule has 10 aromatic rings. The third-order valence-corrected chi connectivity index (χ3v) is 8.92. The van der Waals surface area contributed by atoms with E-state index in [1.54, 1.807) is 0 Å². The van der Waals surface area contributed by atoms with Crippen molar-refractivity contribution in [2.24, 2.45) is 0 Å². The number of pyridine rings is 2. The Morgan fingerprint density at radius 1 is 0.442 bits per heavy atom. The lowest BCUT2D eigenvalue weighted by atomic mass is 10.0. The van der Waals surface area contributed by atoms with E-state index in [-0.39, 0.29) is 0 Å². The summed E-state index contributed by atoms with van der Waals surface area (Å²) in [6.45, 7) is 0. The molecule has 0 aliphatic heterocycles. The lowest BCUT2D eigenvalue weighted by molar-refractivity contribution is 1.16. The standard InChI is InChI=1S/C38H23N5/c1-3-10-24(11-4-1)42-31-16-8-7-14-26(31)29-22-30-34(23-33(29)42)43(25-12-5-2-6-13-25)32-18-17-28-27-15-9-19-39-36(27)38-40-20-21-41(38)37(28)35(30)32/h1-23H. The first-order valence-corrected chi connectivity index (χ1v) is 14.5. The van der Waals surface area contributed by atoms with Crippen LogP contribution in [0.1, 0.15) is 0 Å². The maximum Gasteiger partial charge on any atom is 0.163 e. The van der Waals surface area contributed by atoms with Crippen LogP contribution in [0.5, 0.6) is 0 Å². The van der Waals surface area contributed by atoms with Gasteiger partial charge in [-0.25, -0.2) is 4.98 Å². The van der Waals surface area contributed by atoms with Crippen molar-refractivity contribution in [2.75, 3.05) is 0 Å². The molecule has 10 rings (SSSR count). The van der Waals surface area contributed by atoms with Crippen molar-refractivity contribution in [1.82, 2.24) is 23.5 Å². The number of para-hydroxylation sites is 3. The quantitative estimate of drug-likeness (QED) is 0.202. The van der Waals surface area contributed by atoms with Crippen molar-refractivity contribution < 1.29 is 0 Å². The van der Waals surface area contributed by atoms with E-state index >= 15 is 0 Å². The molecule has 0 spiro atoms. The molecule has 0 unspecified atom stereocenters. The molecular formula is C38H23N5. The van der Waals surface area contributed by atoms with Gasteiger partial charge in [0.2, 0.25) is 0 Å². The molecular weight excluding hydrogens is 526 g/mol. The third-order valence-electron chi connectivity index (χ3n) is 8.92. The molecule has 5 nitrogen and oxygen atoms in total. The number of rotatable bonds is 2. The fraction of sp³-hybridized carbons (Fsp3) is 0. The Balaban J connectivity index is 1.49. The monoisotopic (exact) mass is 549 g/mol. The van der Waals surface area contributed by atoms with Crippen molar-refractivity contribution in [3.8, 4) is 11.4 Å². The van der Waals surface area contributed by atoms with Crippen LogP contribution in [0.4, 0.5) is 0 Å². The normalized spacial score (nSPS) is 12.2. The van der Waals surface area contributed by atoms with Gasteiger partial charge in [-0.15, -0.1) is 0 Å². The van der Waals surface area contributed by atoms with E-state index in [9.17, 15) is 0 Å². The van der Waals surface area contributed by atoms with E-state index in [1.165, 1.54) is 43.5 Å². The molecule has 0 radical (unpaired) electrons. The molecule has 0 aliphatic carbocycles. The van der Waals surface area contributed by atoms with Crippen molar-refractivity contribution in [3.05, 3.63) is 140 Å². The predicted molar refractivity (Wildman–Crippen MR) is 177 cm³/mol. The van der Waals surface area contributed by atoms with Crippen LogP contribution in [0, 0.1) is 0 Å². The van der Waals surface area contributed by atoms with Crippen LogP contribution in [0.2, 0.25) is 0 Å². The predicted octanol–water partition coefficient (Wildman–Crippen LogP) is 9.23. The molecule has 0 bridgehead atoms. The Morgan fingerprint density at radius 2 is 1.14 bits per heavy atom. The summed E-state index contributed by atoms with van der Waals surface area (Å²) in [7, 11) is 0. The van der Waals surface area contributed by atoms with Crippen molar-refractivity contribution in [2.45, 2.75) is 0 Å². The Kier molecular flexibility index (Phi) is 4.39. The summed E-state index contributed by atoms with van der Waals surface area (Å²) < 4.78 is 7.02. The molecule has 5 heterocycles. The van der Waals surface area contributed by atoms with E-state index in [2.05, 4.69) is 135 Å². The highest BCUT2D eigenvalue weighted by Gasteiger charge is 2.22.